The molecule has 0 saturated heterocycles. The van der Waals surface area contributed by atoms with E-state index < -0.39 is 24.0 Å². The number of aromatic nitrogens is 3. The molecular weight excluding hydrogens is 311 g/mol. The van der Waals surface area contributed by atoms with Crippen molar-refractivity contribution < 1.29 is 22.7 Å². The molecule has 0 aromatic carbocycles. The zero-order valence-corrected chi connectivity index (χ0v) is 11.5. The van der Waals surface area contributed by atoms with Crippen LogP contribution in [0.2, 0.25) is 5.15 Å². The lowest BCUT2D eigenvalue weighted by Crippen LogP contribution is -2.44. The molecule has 2 aromatic heterocycles. The number of Topliss-reactive ketones (excluding diaryl/α,β-unsaturated/α-hetero) is 1. The second kappa shape index (κ2) is 4.41. The maximum atomic E-state index is 13.6. The first-order chi connectivity index (χ1) is 9.80. The second-order valence-corrected chi connectivity index (χ2v) is 5.00. The Morgan fingerprint density at radius 3 is 2.86 bits per heavy atom. The number of hydrogen-bond acceptors (Lipinski definition) is 4. The number of nitrogens with zero attached hydrogens (tertiary/aromatic N) is 3. The molecule has 0 N–H and O–H groups in total. The molecule has 1 aliphatic rings. The summed E-state index contributed by atoms with van der Waals surface area (Å²) < 4.78 is 46.8. The van der Waals surface area contributed by atoms with Crippen molar-refractivity contribution in [2.75, 3.05) is 6.61 Å². The number of halogens is 4. The number of ether oxygens (including phenoxy) is 1. The van der Waals surface area contributed by atoms with Crippen molar-refractivity contribution in [3.8, 4) is 0 Å². The van der Waals surface area contributed by atoms with Crippen LogP contribution in [-0.4, -0.2) is 33.2 Å². The summed E-state index contributed by atoms with van der Waals surface area (Å²) >= 11 is 5.73. The molecule has 1 aliphatic carbocycles. The summed E-state index contributed by atoms with van der Waals surface area (Å²) in [4.78, 5) is 15.9. The van der Waals surface area contributed by atoms with E-state index in [-0.39, 0.29) is 28.7 Å². The molecule has 5 nitrogen and oxygen atoms in total. The van der Waals surface area contributed by atoms with Crippen LogP contribution >= 0.6 is 11.6 Å². The molecular formula is C12H9ClF3N3O2. The van der Waals surface area contributed by atoms with Gasteiger partial charge >= 0.3 is 6.18 Å². The summed E-state index contributed by atoms with van der Waals surface area (Å²) in [5.41, 5.74) is -3.10. The largest absolute Gasteiger partial charge is 0.423 e. The Morgan fingerprint density at radius 1 is 1.52 bits per heavy atom. The van der Waals surface area contributed by atoms with Crippen LogP contribution in [-0.2, 0) is 10.3 Å². The third-order valence-electron chi connectivity index (χ3n) is 3.39. The fourth-order valence-corrected chi connectivity index (χ4v) is 2.76. The van der Waals surface area contributed by atoms with Crippen LogP contribution in [0.5, 0.6) is 0 Å². The maximum absolute atomic E-state index is 13.6. The van der Waals surface area contributed by atoms with Crippen molar-refractivity contribution in [2.24, 2.45) is 0 Å². The Balaban J connectivity index is 2.39. The van der Waals surface area contributed by atoms with Crippen LogP contribution in [0.25, 0.3) is 5.65 Å². The lowest BCUT2D eigenvalue weighted by atomic mass is 10.00. The SMILES string of the molecule is CCOC1(C(F)(F)F)CC(=O)c2cnc3cc(Cl)nn3c21. The maximum Gasteiger partial charge on any atom is 0.423 e. The van der Waals surface area contributed by atoms with Gasteiger partial charge in [0.15, 0.2) is 16.6 Å². The molecule has 1 unspecified atom stereocenters. The van der Waals surface area contributed by atoms with Gasteiger partial charge in [0.25, 0.3) is 0 Å². The molecule has 0 spiro atoms. The summed E-state index contributed by atoms with van der Waals surface area (Å²) in [5.74, 6) is -0.684. The third kappa shape index (κ3) is 1.86. The van der Waals surface area contributed by atoms with E-state index in [1.807, 2.05) is 0 Å². The number of fused-ring (bicyclic) bond motifs is 3. The minimum absolute atomic E-state index is 0.0113. The molecule has 0 aliphatic heterocycles. The van der Waals surface area contributed by atoms with Gasteiger partial charge in [-0.3, -0.25) is 4.79 Å². The number of rotatable bonds is 2. The van der Waals surface area contributed by atoms with Gasteiger partial charge in [0, 0.05) is 18.9 Å². The summed E-state index contributed by atoms with van der Waals surface area (Å²) in [6.07, 6.45) is -4.48. The Bertz CT molecular complexity index is 743. The van der Waals surface area contributed by atoms with Gasteiger partial charge in [-0.1, -0.05) is 11.6 Å². The summed E-state index contributed by atoms with van der Waals surface area (Å²) in [5, 5.41) is 3.79. The van der Waals surface area contributed by atoms with Crippen LogP contribution in [0.1, 0.15) is 29.4 Å². The predicted molar refractivity (Wildman–Crippen MR) is 66.3 cm³/mol. The Labute approximate surface area is 121 Å². The molecule has 21 heavy (non-hydrogen) atoms. The molecule has 9 heteroatoms. The molecule has 0 saturated carbocycles. The van der Waals surface area contributed by atoms with Crippen molar-refractivity contribution in [3.63, 3.8) is 0 Å². The lowest BCUT2D eigenvalue weighted by Gasteiger charge is -2.31. The fraction of sp³-hybridized carbons (Fsp3) is 0.417. The number of hydrogen-bond donors (Lipinski definition) is 0. The highest BCUT2D eigenvalue weighted by Gasteiger charge is 2.64. The van der Waals surface area contributed by atoms with Gasteiger partial charge in [-0.15, -0.1) is 0 Å². The topological polar surface area (TPSA) is 56.5 Å². The summed E-state index contributed by atoms with van der Waals surface area (Å²) in [6.45, 7) is 1.23. The van der Waals surface area contributed by atoms with Gasteiger partial charge < -0.3 is 4.74 Å². The number of ketones is 1. The van der Waals surface area contributed by atoms with E-state index in [1.54, 1.807) is 0 Å². The van der Waals surface area contributed by atoms with Crippen LogP contribution in [0, 0.1) is 0 Å². The first-order valence-electron chi connectivity index (χ1n) is 6.09. The van der Waals surface area contributed by atoms with Crippen LogP contribution in [0.3, 0.4) is 0 Å². The molecule has 2 heterocycles. The molecule has 2 aromatic rings. The van der Waals surface area contributed by atoms with Crippen LogP contribution in [0.4, 0.5) is 13.2 Å². The van der Waals surface area contributed by atoms with Gasteiger partial charge in [-0.05, 0) is 6.92 Å². The lowest BCUT2D eigenvalue weighted by molar-refractivity contribution is -0.282. The van der Waals surface area contributed by atoms with E-state index in [4.69, 9.17) is 16.3 Å². The second-order valence-electron chi connectivity index (χ2n) is 4.62. The number of carbonyl (C=O) groups is 1. The fourth-order valence-electron chi connectivity index (χ4n) is 2.59. The summed E-state index contributed by atoms with van der Waals surface area (Å²) in [6, 6.07) is 1.32. The first-order valence-corrected chi connectivity index (χ1v) is 6.46. The minimum Gasteiger partial charge on any atom is -0.359 e. The highest BCUT2D eigenvalue weighted by molar-refractivity contribution is 6.29. The zero-order chi connectivity index (χ0) is 15.4. The Morgan fingerprint density at radius 2 is 2.24 bits per heavy atom. The van der Waals surface area contributed by atoms with Gasteiger partial charge in [0.05, 0.1) is 17.7 Å². The first kappa shape index (κ1) is 14.3. The predicted octanol–water partition coefficient (Wildman–Crippen LogP) is 2.76. The van der Waals surface area contributed by atoms with E-state index in [1.165, 1.54) is 13.0 Å². The monoisotopic (exact) mass is 319 g/mol. The van der Waals surface area contributed by atoms with Gasteiger partial charge in [0.1, 0.15) is 0 Å². The molecule has 0 bridgehead atoms. The minimum atomic E-state index is -4.77. The van der Waals surface area contributed by atoms with Crippen molar-refractivity contribution >= 4 is 23.0 Å². The average Bonchev–Trinajstić information content (AvgIpc) is 2.87. The molecule has 112 valence electrons. The Hall–Kier alpha value is -1.67. The Kier molecular flexibility index (Phi) is 3.00. The third-order valence-corrected chi connectivity index (χ3v) is 3.58. The van der Waals surface area contributed by atoms with Crippen molar-refractivity contribution in [1.82, 2.24) is 14.6 Å². The van der Waals surface area contributed by atoms with E-state index in [9.17, 15) is 18.0 Å². The molecule has 0 amide bonds. The van der Waals surface area contributed by atoms with E-state index in [2.05, 4.69) is 10.1 Å². The van der Waals surface area contributed by atoms with E-state index in [0.29, 0.717) is 0 Å². The van der Waals surface area contributed by atoms with Crippen LogP contribution < -0.4 is 0 Å². The van der Waals surface area contributed by atoms with Gasteiger partial charge in [0.2, 0.25) is 5.60 Å². The highest BCUT2D eigenvalue weighted by atomic mass is 35.5. The van der Waals surface area contributed by atoms with Crippen molar-refractivity contribution in [3.05, 3.63) is 28.7 Å². The zero-order valence-electron chi connectivity index (χ0n) is 10.7. The normalized spacial score (nSPS) is 22.0. The molecule has 3 rings (SSSR count). The van der Waals surface area contributed by atoms with E-state index in [0.717, 1.165) is 10.7 Å². The standard InChI is InChI=1S/C12H9ClF3N3O2/c1-2-21-11(12(14,15)16)4-7(20)6-5-17-9-3-8(13)18-19(9)10(6)11/h3,5H,2,4H2,1H3. The number of carbonyl (C=O) groups excluding carboxylic acids is 1. The number of alkyl halides is 3. The molecule has 1 atom stereocenters. The van der Waals surface area contributed by atoms with Crippen molar-refractivity contribution in [1.29, 1.82) is 0 Å². The smallest absolute Gasteiger partial charge is 0.359 e. The molecule has 0 radical (unpaired) electrons. The highest BCUT2D eigenvalue weighted by Crippen LogP contribution is 2.50. The van der Waals surface area contributed by atoms with Gasteiger partial charge in [-0.25, -0.2) is 9.50 Å². The quantitative estimate of drug-likeness (QED) is 0.854. The van der Waals surface area contributed by atoms with Gasteiger partial charge in [-0.2, -0.15) is 18.3 Å². The van der Waals surface area contributed by atoms with Crippen LogP contribution in [0.15, 0.2) is 12.3 Å². The molecule has 0 fully saturated rings. The summed E-state index contributed by atoms with van der Waals surface area (Å²) in [7, 11) is 0. The van der Waals surface area contributed by atoms with E-state index >= 15 is 0 Å². The van der Waals surface area contributed by atoms with Crippen molar-refractivity contribution in [2.45, 2.75) is 25.1 Å². The average molecular weight is 320 g/mol.